The minimum absolute atomic E-state index is 0.0175. The molecule has 0 aromatic heterocycles. The maximum atomic E-state index is 9.79. The Bertz CT molecular complexity index is 131. The molecule has 1 aliphatic carbocycles. The molecule has 1 N–H and O–H groups in total. The molecule has 1 nitrogen and oxygen atoms in total. The van der Waals surface area contributed by atoms with Crippen LogP contribution in [0.4, 0.5) is 0 Å². The van der Waals surface area contributed by atoms with Gasteiger partial charge in [0.05, 0.1) is 6.10 Å². The van der Waals surface area contributed by atoms with Crippen molar-refractivity contribution in [3.63, 3.8) is 0 Å². The van der Waals surface area contributed by atoms with Gasteiger partial charge in [-0.2, -0.15) is 0 Å². The van der Waals surface area contributed by atoms with E-state index in [9.17, 15) is 5.11 Å². The van der Waals surface area contributed by atoms with E-state index < -0.39 is 0 Å². The van der Waals surface area contributed by atoms with Crippen LogP contribution in [0, 0.1) is 17.8 Å². The minimum atomic E-state index is -0.0175. The first-order valence-corrected chi connectivity index (χ1v) is 5.27. The lowest BCUT2D eigenvalue weighted by atomic mass is 9.77. The molecule has 1 heteroatoms. The van der Waals surface area contributed by atoms with Gasteiger partial charge in [-0.15, -0.1) is 0 Å². The van der Waals surface area contributed by atoms with Gasteiger partial charge in [0.1, 0.15) is 0 Å². The van der Waals surface area contributed by atoms with Crippen molar-refractivity contribution in [1.29, 1.82) is 0 Å². The molecule has 0 aliphatic heterocycles. The van der Waals surface area contributed by atoms with Crippen LogP contribution in [-0.4, -0.2) is 11.2 Å². The van der Waals surface area contributed by atoms with Crippen molar-refractivity contribution in [3.8, 4) is 0 Å². The molecule has 72 valence electrons. The first-order valence-electron chi connectivity index (χ1n) is 5.27. The molecule has 0 saturated heterocycles. The van der Waals surface area contributed by atoms with Gasteiger partial charge >= 0.3 is 0 Å². The smallest absolute Gasteiger partial charge is 0.0571 e. The third-order valence-electron chi connectivity index (χ3n) is 2.99. The van der Waals surface area contributed by atoms with Crippen molar-refractivity contribution in [2.75, 3.05) is 0 Å². The fraction of sp³-hybridized carbons (Fsp3) is 1.00. The summed E-state index contributed by atoms with van der Waals surface area (Å²) in [7, 11) is 0. The van der Waals surface area contributed by atoms with E-state index in [1.54, 1.807) is 0 Å². The Morgan fingerprint density at radius 1 is 1.33 bits per heavy atom. The highest BCUT2D eigenvalue weighted by molar-refractivity contribution is 4.78. The Kier molecular flexibility index (Phi) is 3.57. The average Bonchev–Trinajstić information content (AvgIpc) is 1.94. The lowest BCUT2D eigenvalue weighted by Gasteiger charge is -2.32. The van der Waals surface area contributed by atoms with E-state index in [4.69, 9.17) is 0 Å². The number of hydrogen-bond donors (Lipinski definition) is 1. The summed E-state index contributed by atoms with van der Waals surface area (Å²) in [5, 5.41) is 9.79. The van der Waals surface area contributed by atoms with Crippen LogP contribution in [-0.2, 0) is 0 Å². The third-order valence-corrected chi connectivity index (χ3v) is 2.99. The van der Waals surface area contributed by atoms with Gasteiger partial charge in [0.2, 0.25) is 0 Å². The number of rotatable bonds is 2. The second kappa shape index (κ2) is 4.27. The molecule has 1 aliphatic rings. The molecule has 12 heavy (non-hydrogen) atoms. The first kappa shape index (κ1) is 10.0. The zero-order chi connectivity index (χ0) is 9.14. The van der Waals surface area contributed by atoms with Gasteiger partial charge in [0.25, 0.3) is 0 Å². The van der Waals surface area contributed by atoms with Crippen LogP contribution in [0.5, 0.6) is 0 Å². The van der Waals surface area contributed by atoms with Crippen molar-refractivity contribution in [2.24, 2.45) is 17.8 Å². The van der Waals surface area contributed by atoms with Gasteiger partial charge in [-0.3, -0.25) is 0 Å². The largest absolute Gasteiger partial charge is 0.393 e. The highest BCUT2D eigenvalue weighted by atomic mass is 16.3. The van der Waals surface area contributed by atoms with E-state index in [2.05, 4.69) is 20.8 Å². The standard InChI is InChI=1S/C11H22O/c1-8(2)6-10-5-4-9(3)7-11(10)12/h8-12H,4-7H2,1-3H3. The zero-order valence-corrected chi connectivity index (χ0v) is 8.59. The lowest BCUT2D eigenvalue weighted by molar-refractivity contribution is 0.0388. The Labute approximate surface area is 76.2 Å². The van der Waals surface area contributed by atoms with Crippen molar-refractivity contribution >= 4 is 0 Å². The Hall–Kier alpha value is -0.0400. The Morgan fingerprint density at radius 3 is 2.50 bits per heavy atom. The molecule has 0 spiro atoms. The van der Waals surface area contributed by atoms with Crippen LogP contribution in [0.2, 0.25) is 0 Å². The number of aliphatic hydroxyl groups is 1. The normalized spacial score (nSPS) is 37.2. The first-order chi connectivity index (χ1) is 5.59. The van der Waals surface area contributed by atoms with Gasteiger partial charge in [0.15, 0.2) is 0 Å². The Balaban J connectivity index is 2.34. The van der Waals surface area contributed by atoms with Crippen LogP contribution in [0.25, 0.3) is 0 Å². The number of hydrogen-bond acceptors (Lipinski definition) is 1. The molecule has 0 aromatic carbocycles. The third kappa shape index (κ3) is 2.78. The van der Waals surface area contributed by atoms with E-state index >= 15 is 0 Å². The summed E-state index contributed by atoms with van der Waals surface area (Å²) in [5.74, 6) is 2.06. The SMILES string of the molecule is CC(C)CC1CCC(C)CC1O. The maximum Gasteiger partial charge on any atom is 0.0571 e. The van der Waals surface area contributed by atoms with Crippen molar-refractivity contribution in [1.82, 2.24) is 0 Å². The Morgan fingerprint density at radius 2 is 2.00 bits per heavy atom. The fourth-order valence-corrected chi connectivity index (χ4v) is 2.29. The molecule has 3 unspecified atom stereocenters. The minimum Gasteiger partial charge on any atom is -0.393 e. The quantitative estimate of drug-likeness (QED) is 0.675. The highest BCUT2D eigenvalue weighted by Crippen LogP contribution is 2.32. The molecule has 0 bridgehead atoms. The summed E-state index contributed by atoms with van der Waals surface area (Å²) in [6, 6.07) is 0. The van der Waals surface area contributed by atoms with E-state index in [0.29, 0.717) is 5.92 Å². The van der Waals surface area contributed by atoms with E-state index in [0.717, 1.165) is 18.3 Å². The summed E-state index contributed by atoms with van der Waals surface area (Å²) in [6.45, 7) is 6.73. The maximum absolute atomic E-state index is 9.79. The second-order valence-electron chi connectivity index (χ2n) is 4.88. The molecule has 3 atom stereocenters. The van der Waals surface area contributed by atoms with E-state index in [-0.39, 0.29) is 6.10 Å². The van der Waals surface area contributed by atoms with Crippen LogP contribution in [0.15, 0.2) is 0 Å². The summed E-state index contributed by atoms with van der Waals surface area (Å²) in [4.78, 5) is 0. The number of aliphatic hydroxyl groups excluding tert-OH is 1. The van der Waals surface area contributed by atoms with Gasteiger partial charge in [-0.05, 0) is 37.0 Å². The van der Waals surface area contributed by atoms with Crippen molar-refractivity contribution in [3.05, 3.63) is 0 Å². The fourth-order valence-electron chi connectivity index (χ4n) is 2.29. The molecule has 0 amide bonds. The molecule has 0 heterocycles. The molecular formula is C11H22O. The highest BCUT2D eigenvalue weighted by Gasteiger charge is 2.26. The monoisotopic (exact) mass is 170 g/mol. The van der Waals surface area contributed by atoms with Gasteiger partial charge in [-0.1, -0.05) is 27.2 Å². The van der Waals surface area contributed by atoms with Gasteiger partial charge in [0, 0.05) is 0 Å². The summed E-state index contributed by atoms with van der Waals surface area (Å²) in [6.07, 6.45) is 4.76. The summed E-state index contributed by atoms with van der Waals surface area (Å²) < 4.78 is 0. The molecule has 1 fully saturated rings. The van der Waals surface area contributed by atoms with Crippen LogP contribution < -0.4 is 0 Å². The van der Waals surface area contributed by atoms with Gasteiger partial charge in [-0.25, -0.2) is 0 Å². The molecule has 1 saturated carbocycles. The second-order valence-corrected chi connectivity index (χ2v) is 4.88. The lowest BCUT2D eigenvalue weighted by Crippen LogP contribution is -2.29. The van der Waals surface area contributed by atoms with Crippen LogP contribution >= 0.6 is 0 Å². The van der Waals surface area contributed by atoms with Gasteiger partial charge < -0.3 is 5.11 Å². The molecular weight excluding hydrogens is 148 g/mol. The van der Waals surface area contributed by atoms with Crippen molar-refractivity contribution < 1.29 is 5.11 Å². The van der Waals surface area contributed by atoms with Crippen molar-refractivity contribution in [2.45, 2.75) is 52.6 Å². The average molecular weight is 170 g/mol. The molecule has 0 radical (unpaired) electrons. The van der Waals surface area contributed by atoms with Crippen LogP contribution in [0.1, 0.15) is 46.5 Å². The van der Waals surface area contributed by atoms with E-state index in [1.807, 2.05) is 0 Å². The molecule has 1 rings (SSSR count). The topological polar surface area (TPSA) is 20.2 Å². The summed E-state index contributed by atoms with van der Waals surface area (Å²) in [5.41, 5.74) is 0. The molecule has 0 aromatic rings. The zero-order valence-electron chi connectivity index (χ0n) is 8.59. The van der Waals surface area contributed by atoms with E-state index in [1.165, 1.54) is 19.3 Å². The predicted octanol–water partition coefficient (Wildman–Crippen LogP) is 2.83. The summed E-state index contributed by atoms with van der Waals surface area (Å²) >= 11 is 0. The van der Waals surface area contributed by atoms with Crippen LogP contribution in [0.3, 0.4) is 0 Å². The predicted molar refractivity (Wildman–Crippen MR) is 52.0 cm³/mol.